The standard InChI is InChI=1S/C22H30N6O/c1-16(2)15-28-8-7-19-20(26-23-14-18-6-4-5-17(3)13-18)24-22(25-21(19)28)27-9-11-29-12-10-27/h4-6,13-14,16H,7-12,15H2,1-3H3,(H,24,25,26)/b23-14+. The first-order valence-electron chi connectivity index (χ1n) is 10.4. The van der Waals surface area contributed by atoms with Crippen LogP contribution in [0.5, 0.6) is 0 Å². The first-order chi connectivity index (χ1) is 14.1. The molecular weight excluding hydrogens is 364 g/mol. The van der Waals surface area contributed by atoms with Crippen molar-refractivity contribution in [3.63, 3.8) is 0 Å². The molecule has 1 aromatic heterocycles. The van der Waals surface area contributed by atoms with Crippen LogP contribution < -0.4 is 15.2 Å². The Labute approximate surface area is 172 Å². The van der Waals surface area contributed by atoms with Crippen LogP contribution in [0.2, 0.25) is 0 Å². The number of benzene rings is 1. The van der Waals surface area contributed by atoms with Crippen molar-refractivity contribution in [1.82, 2.24) is 9.97 Å². The third kappa shape index (κ3) is 4.67. The number of ether oxygens (including phenoxy) is 1. The lowest BCUT2D eigenvalue weighted by Gasteiger charge is -2.28. The van der Waals surface area contributed by atoms with Gasteiger partial charge in [0.15, 0.2) is 5.82 Å². The maximum Gasteiger partial charge on any atom is 0.229 e. The zero-order valence-electron chi connectivity index (χ0n) is 17.6. The van der Waals surface area contributed by atoms with Gasteiger partial charge >= 0.3 is 0 Å². The van der Waals surface area contributed by atoms with E-state index in [1.165, 1.54) is 5.56 Å². The van der Waals surface area contributed by atoms with Gasteiger partial charge in [0, 0.05) is 31.7 Å². The number of hydrogen-bond donors (Lipinski definition) is 1. The summed E-state index contributed by atoms with van der Waals surface area (Å²) in [7, 11) is 0. The Morgan fingerprint density at radius 2 is 2.03 bits per heavy atom. The van der Waals surface area contributed by atoms with Gasteiger partial charge in [0.25, 0.3) is 0 Å². The minimum absolute atomic E-state index is 0.582. The molecule has 3 heterocycles. The van der Waals surface area contributed by atoms with Gasteiger partial charge in [-0.1, -0.05) is 43.7 Å². The van der Waals surface area contributed by atoms with E-state index in [1.54, 1.807) is 0 Å². The fourth-order valence-electron chi connectivity index (χ4n) is 3.84. The predicted molar refractivity (Wildman–Crippen MR) is 118 cm³/mol. The molecule has 0 unspecified atom stereocenters. The average Bonchev–Trinajstić information content (AvgIpc) is 3.11. The molecule has 7 heteroatoms. The summed E-state index contributed by atoms with van der Waals surface area (Å²) >= 11 is 0. The molecule has 0 spiro atoms. The highest BCUT2D eigenvalue weighted by molar-refractivity contribution is 5.80. The van der Waals surface area contributed by atoms with Crippen molar-refractivity contribution < 1.29 is 4.74 Å². The zero-order valence-corrected chi connectivity index (χ0v) is 17.6. The summed E-state index contributed by atoms with van der Waals surface area (Å²) in [5.41, 5.74) is 6.64. The highest BCUT2D eigenvalue weighted by Gasteiger charge is 2.28. The molecule has 4 rings (SSSR count). The summed E-state index contributed by atoms with van der Waals surface area (Å²) in [4.78, 5) is 14.4. The summed E-state index contributed by atoms with van der Waals surface area (Å²) in [6, 6.07) is 8.28. The van der Waals surface area contributed by atoms with Gasteiger partial charge in [-0.25, -0.2) is 0 Å². The van der Waals surface area contributed by atoms with Gasteiger partial charge in [-0.2, -0.15) is 15.1 Å². The van der Waals surface area contributed by atoms with Crippen LogP contribution in [0.25, 0.3) is 0 Å². The Hall–Kier alpha value is -2.67. The largest absolute Gasteiger partial charge is 0.378 e. The molecule has 1 N–H and O–H groups in total. The molecule has 2 aromatic rings. The molecule has 0 amide bonds. The van der Waals surface area contributed by atoms with Crippen molar-refractivity contribution in [1.29, 1.82) is 0 Å². The van der Waals surface area contributed by atoms with Crippen molar-refractivity contribution in [2.75, 3.05) is 54.6 Å². The molecular formula is C22H30N6O. The van der Waals surface area contributed by atoms with Crippen LogP contribution in [-0.4, -0.2) is 55.6 Å². The van der Waals surface area contributed by atoms with E-state index >= 15 is 0 Å². The molecule has 0 bridgehead atoms. The van der Waals surface area contributed by atoms with Gasteiger partial charge < -0.3 is 14.5 Å². The van der Waals surface area contributed by atoms with Gasteiger partial charge in [-0.05, 0) is 24.8 Å². The first-order valence-corrected chi connectivity index (χ1v) is 10.4. The van der Waals surface area contributed by atoms with Crippen molar-refractivity contribution in [2.45, 2.75) is 27.2 Å². The lowest BCUT2D eigenvalue weighted by atomic mass is 10.2. The molecule has 2 aliphatic heterocycles. The van der Waals surface area contributed by atoms with Gasteiger partial charge in [0.05, 0.1) is 19.4 Å². The molecule has 154 valence electrons. The van der Waals surface area contributed by atoms with Crippen LogP contribution >= 0.6 is 0 Å². The summed E-state index contributed by atoms with van der Waals surface area (Å²) in [5.74, 6) is 3.20. The average molecular weight is 395 g/mol. The van der Waals surface area contributed by atoms with E-state index in [9.17, 15) is 0 Å². The molecule has 0 radical (unpaired) electrons. The normalized spacial score (nSPS) is 16.7. The van der Waals surface area contributed by atoms with Crippen LogP contribution in [0.3, 0.4) is 0 Å². The number of hydrazone groups is 1. The Kier molecular flexibility index (Phi) is 5.94. The van der Waals surface area contributed by atoms with Gasteiger partial charge in [0.1, 0.15) is 5.82 Å². The molecule has 1 aromatic carbocycles. The van der Waals surface area contributed by atoms with E-state index in [1.807, 2.05) is 18.3 Å². The lowest BCUT2D eigenvalue weighted by molar-refractivity contribution is 0.122. The van der Waals surface area contributed by atoms with E-state index in [-0.39, 0.29) is 0 Å². The van der Waals surface area contributed by atoms with E-state index in [0.717, 1.165) is 61.3 Å². The number of nitrogens with zero attached hydrogens (tertiary/aromatic N) is 5. The summed E-state index contributed by atoms with van der Waals surface area (Å²) in [6.07, 6.45) is 2.78. The molecule has 2 aliphatic rings. The van der Waals surface area contributed by atoms with Crippen molar-refractivity contribution >= 4 is 23.8 Å². The van der Waals surface area contributed by atoms with E-state index in [2.05, 4.69) is 53.2 Å². The van der Waals surface area contributed by atoms with Crippen molar-refractivity contribution in [3.8, 4) is 0 Å². The quantitative estimate of drug-likeness (QED) is 0.600. The SMILES string of the molecule is Cc1cccc(/C=N/Nc2nc(N3CCOCC3)nc3c2CCN3CC(C)C)c1. The zero-order chi connectivity index (χ0) is 20.2. The molecule has 29 heavy (non-hydrogen) atoms. The maximum atomic E-state index is 5.49. The number of hydrogen-bond acceptors (Lipinski definition) is 7. The van der Waals surface area contributed by atoms with Crippen LogP contribution in [0.1, 0.15) is 30.5 Å². The van der Waals surface area contributed by atoms with E-state index in [0.29, 0.717) is 19.1 Å². The second-order valence-corrected chi connectivity index (χ2v) is 8.15. The number of morpholine rings is 1. The Morgan fingerprint density at radius 1 is 1.21 bits per heavy atom. The number of anilines is 3. The van der Waals surface area contributed by atoms with Crippen LogP contribution in [-0.2, 0) is 11.2 Å². The number of rotatable bonds is 6. The van der Waals surface area contributed by atoms with E-state index in [4.69, 9.17) is 14.7 Å². The number of nitrogens with one attached hydrogen (secondary N) is 1. The topological polar surface area (TPSA) is 65.9 Å². The molecule has 7 nitrogen and oxygen atoms in total. The van der Waals surface area contributed by atoms with Gasteiger partial charge in [0.2, 0.25) is 5.95 Å². The third-order valence-electron chi connectivity index (χ3n) is 5.21. The predicted octanol–water partition coefficient (Wildman–Crippen LogP) is 3.09. The molecule has 1 fully saturated rings. The van der Waals surface area contributed by atoms with E-state index < -0.39 is 0 Å². The number of fused-ring (bicyclic) bond motifs is 1. The second kappa shape index (κ2) is 8.78. The minimum atomic E-state index is 0.582. The molecule has 1 saturated heterocycles. The van der Waals surface area contributed by atoms with Gasteiger partial charge in [-0.15, -0.1) is 0 Å². The second-order valence-electron chi connectivity index (χ2n) is 8.15. The molecule has 0 saturated carbocycles. The highest BCUT2D eigenvalue weighted by Crippen LogP contribution is 2.33. The van der Waals surface area contributed by atoms with Crippen LogP contribution in [0.15, 0.2) is 29.4 Å². The molecule has 0 aliphatic carbocycles. The molecule has 0 atom stereocenters. The summed E-state index contributed by atoms with van der Waals surface area (Å²) in [5, 5.41) is 4.48. The van der Waals surface area contributed by atoms with Gasteiger partial charge in [-0.3, -0.25) is 5.43 Å². The first kappa shape index (κ1) is 19.6. The summed E-state index contributed by atoms with van der Waals surface area (Å²) in [6.45, 7) is 11.6. The Balaban J connectivity index is 1.62. The van der Waals surface area contributed by atoms with Crippen LogP contribution in [0, 0.1) is 12.8 Å². The Bertz CT molecular complexity index is 876. The van der Waals surface area contributed by atoms with Crippen LogP contribution in [0.4, 0.5) is 17.6 Å². The maximum absolute atomic E-state index is 5.49. The van der Waals surface area contributed by atoms with Crippen molar-refractivity contribution in [3.05, 3.63) is 41.0 Å². The fraction of sp³-hybridized carbons (Fsp3) is 0.500. The highest BCUT2D eigenvalue weighted by atomic mass is 16.5. The Morgan fingerprint density at radius 3 is 2.79 bits per heavy atom. The minimum Gasteiger partial charge on any atom is -0.378 e. The third-order valence-corrected chi connectivity index (χ3v) is 5.21. The number of aromatic nitrogens is 2. The lowest BCUT2D eigenvalue weighted by Crippen LogP contribution is -2.37. The summed E-state index contributed by atoms with van der Waals surface area (Å²) < 4.78 is 5.49. The smallest absolute Gasteiger partial charge is 0.229 e. The monoisotopic (exact) mass is 394 g/mol. The fourth-order valence-corrected chi connectivity index (χ4v) is 3.84. The van der Waals surface area contributed by atoms with Crippen molar-refractivity contribution in [2.24, 2.45) is 11.0 Å². The number of aryl methyl sites for hydroxylation is 1.